The molecule has 0 atom stereocenters. The van der Waals surface area contributed by atoms with E-state index in [-0.39, 0.29) is 0 Å². The molecule has 1 aliphatic rings. The third-order valence-electron chi connectivity index (χ3n) is 2.37. The first kappa shape index (κ1) is 8.49. The molecule has 0 aliphatic carbocycles. The maximum atomic E-state index is 4.56. The van der Waals surface area contributed by atoms with Gasteiger partial charge in [0.05, 0.1) is 6.54 Å². The minimum absolute atomic E-state index is 0.699. The van der Waals surface area contributed by atoms with Crippen molar-refractivity contribution in [3.8, 4) is 0 Å². The predicted molar refractivity (Wildman–Crippen MR) is 56.1 cm³/mol. The summed E-state index contributed by atoms with van der Waals surface area (Å²) in [5.41, 5.74) is 4.06. The highest BCUT2D eigenvalue weighted by molar-refractivity contribution is 6.03. The van der Waals surface area contributed by atoms with Crippen molar-refractivity contribution in [2.45, 2.75) is 26.8 Å². The summed E-state index contributed by atoms with van der Waals surface area (Å²) < 4.78 is 0. The first-order chi connectivity index (χ1) is 6.27. The summed E-state index contributed by atoms with van der Waals surface area (Å²) >= 11 is 0. The monoisotopic (exact) mass is 173 g/mol. The summed E-state index contributed by atoms with van der Waals surface area (Å²) in [6, 6.07) is 8.54. The van der Waals surface area contributed by atoms with E-state index < -0.39 is 0 Å². The van der Waals surface area contributed by atoms with E-state index in [1.165, 1.54) is 16.8 Å². The van der Waals surface area contributed by atoms with Crippen LogP contribution in [0, 0.1) is 5.92 Å². The third kappa shape index (κ3) is 1.64. The standard InChI is InChI=1S/C12H15N/c1-9(2)7-12-11-6-4-3-5-10(11)8-13-12/h3-6,9H,7-8H2,1-2H3. The van der Waals surface area contributed by atoms with Gasteiger partial charge in [0.25, 0.3) is 0 Å². The largest absolute Gasteiger partial charge is 0.284 e. The fourth-order valence-corrected chi connectivity index (χ4v) is 1.77. The number of hydrogen-bond donors (Lipinski definition) is 0. The molecule has 0 saturated heterocycles. The molecule has 1 nitrogen and oxygen atoms in total. The molecule has 2 rings (SSSR count). The molecule has 0 unspecified atom stereocenters. The van der Waals surface area contributed by atoms with Crippen molar-refractivity contribution in [3.05, 3.63) is 35.4 Å². The van der Waals surface area contributed by atoms with Crippen LogP contribution in [-0.2, 0) is 6.54 Å². The topological polar surface area (TPSA) is 12.4 Å². The van der Waals surface area contributed by atoms with Gasteiger partial charge in [0.2, 0.25) is 0 Å². The van der Waals surface area contributed by atoms with Gasteiger partial charge < -0.3 is 0 Å². The van der Waals surface area contributed by atoms with Gasteiger partial charge in [0.1, 0.15) is 0 Å². The van der Waals surface area contributed by atoms with E-state index in [1.807, 2.05) is 0 Å². The lowest BCUT2D eigenvalue weighted by Crippen LogP contribution is -2.02. The SMILES string of the molecule is CC(C)CC1=NCc2ccccc21. The minimum Gasteiger partial charge on any atom is -0.284 e. The lowest BCUT2D eigenvalue weighted by Gasteiger charge is -2.05. The van der Waals surface area contributed by atoms with Crippen molar-refractivity contribution in [1.82, 2.24) is 0 Å². The van der Waals surface area contributed by atoms with Crippen LogP contribution in [0.5, 0.6) is 0 Å². The highest BCUT2D eigenvalue weighted by Crippen LogP contribution is 2.21. The van der Waals surface area contributed by atoms with Crippen LogP contribution in [0.1, 0.15) is 31.4 Å². The van der Waals surface area contributed by atoms with Crippen molar-refractivity contribution in [2.24, 2.45) is 10.9 Å². The molecule has 0 saturated carbocycles. The Hall–Kier alpha value is -1.11. The van der Waals surface area contributed by atoms with Crippen LogP contribution in [0.15, 0.2) is 29.3 Å². The summed E-state index contributed by atoms with van der Waals surface area (Å²) in [6.45, 7) is 5.37. The van der Waals surface area contributed by atoms with Crippen LogP contribution < -0.4 is 0 Å². The molecule has 0 N–H and O–H groups in total. The molecule has 1 heterocycles. The molecule has 0 bridgehead atoms. The molecule has 0 spiro atoms. The average Bonchev–Trinajstić information content (AvgIpc) is 2.48. The van der Waals surface area contributed by atoms with Gasteiger partial charge in [-0.25, -0.2) is 0 Å². The molecular formula is C12H15N. The molecule has 0 fully saturated rings. The van der Waals surface area contributed by atoms with Crippen LogP contribution in [0.4, 0.5) is 0 Å². The van der Waals surface area contributed by atoms with E-state index in [2.05, 4.69) is 43.1 Å². The second-order valence-electron chi connectivity index (χ2n) is 4.02. The summed E-state index contributed by atoms with van der Waals surface area (Å²) in [5.74, 6) is 0.699. The van der Waals surface area contributed by atoms with Crippen LogP contribution in [0.3, 0.4) is 0 Å². The van der Waals surface area contributed by atoms with E-state index in [0.29, 0.717) is 5.92 Å². The molecular weight excluding hydrogens is 158 g/mol. The first-order valence-corrected chi connectivity index (χ1v) is 4.89. The van der Waals surface area contributed by atoms with E-state index in [9.17, 15) is 0 Å². The summed E-state index contributed by atoms with van der Waals surface area (Å²) in [6.07, 6.45) is 1.11. The Kier molecular flexibility index (Phi) is 2.17. The number of nitrogens with zero attached hydrogens (tertiary/aromatic N) is 1. The molecule has 1 heteroatoms. The fourth-order valence-electron chi connectivity index (χ4n) is 1.77. The van der Waals surface area contributed by atoms with Crippen molar-refractivity contribution in [2.75, 3.05) is 0 Å². The Morgan fingerprint density at radius 3 is 2.85 bits per heavy atom. The van der Waals surface area contributed by atoms with Gasteiger partial charge in [-0.3, -0.25) is 4.99 Å². The number of rotatable bonds is 2. The smallest absolute Gasteiger partial charge is 0.0649 e. The molecule has 1 aromatic rings. The second kappa shape index (κ2) is 3.33. The Balaban J connectivity index is 2.26. The maximum absolute atomic E-state index is 4.56. The highest BCUT2D eigenvalue weighted by Gasteiger charge is 2.15. The molecule has 13 heavy (non-hydrogen) atoms. The van der Waals surface area contributed by atoms with E-state index in [1.54, 1.807) is 0 Å². The first-order valence-electron chi connectivity index (χ1n) is 4.89. The van der Waals surface area contributed by atoms with Crippen molar-refractivity contribution < 1.29 is 0 Å². The van der Waals surface area contributed by atoms with Gasteiger partial charge in [-0.05, 0) is 17.9 Å². The zero-order valence-electron chi connectivity index (χ0n) is 8.25. The molecule has 0 aromatic heterocycles. The van der Waals surface area contributed by atoms with Gasteiger partial charge in [-0.1, -0.05) is 38.1 Å². The lowest BCUT2D eigenvalue weighted by atomic mass is 9.99. The quantitative estimate of drug-likeness (QED) is 0.652. The predicted octanol–water partition coefficient (Wildman–Crippen LogP) is 3.04. The molecule has 0 radical (unpaired) electrons. The second-order valence-corrected chi connectivity index (χ2v) is 4.02. The lowest BCUT2D eigenvalue weighted by molar-refractivity contribution is 0.684. The zero-order valence-corrected chi connectivity index (χ0v) is 8.25. The molecule has 1 aromatic carbocycles. The van der Waals surface area contributed by atoms with E-state index in [0.717, 1.165) is 13.0 Å². The molecule has 68 valence electrons. The Bertz CT molecular complexity index is 337. The van der Waals surface area contributed by atoms with E-state index in [4.69, 9.17) is 0 Å². The summed E-state index contributed by atoms with van der Waals surface area (Å²) in [5, 5.41) is 0. The Morgan fingerprint density at radius 2 is 2.08 bits per heavy atom. The molecule has 0 amide bonds. The Labute approximate surface area is 79.5 Å². The van der Waals surface area contributed by atoms with Gasteiger partial charge in [0.15, 0.2) is 0 Å². The van der Waals surface area contributed by atoms with Crippen LogP contribution in [0.25, 0.3) is 0 Å². The van der Waals surface area contributed by atoms with Gasteiger partial charge in [-0.15, -0.1) is 0 Å². The molecule has 1 aliphatic heterocycles. The van der Waals surface area contributed by atoms with Crippen LogP contribution in [0.2, 0.25) is 0 Å². The third-order valence-corrected chi connectivity index (χ3v) is 2.37. The van der Waals surface area contributed by atoms with Gasteiger partial charge >= 0.3 is 0 Å². The normalized spacial score (nSPS) is 14.5. The number of fused-ring (bicyclic) bond motifs is 1. The van der Waals surface area contributed by atoms with Crippen molar-refractivity contribution >= 4 is 5.71 Å². The van der Waals surface area contributed by atoms with Crippen molar-refractivity contribution in [3.63, 3.8) is 0 Å². The maximum Gasteiger partial charge on any atom is 0.0649 e. The number of hydrogen-bond acceptors (Lipinski definition) is 1. The highest BCUT2D eigenvalue weighted by atomic mass is 14.8. The van der Waals surface area contributed by atoms with Gasteiger partial charge in [-0.2, -0.15) is 0 Å². The number of benzene rings is 1. The van der Waals surface area contributed by atoms with Crippen LogP contribution >= 0.6 is 0 Å². The minimum atomic E-state index is 0.699. The van der Waals surface area contributed by atoms with Gasteiger partial charge in [0, 0.05) is 11.3 Å². The van der Waals surface area contributed by atoms with Crippen LogP contribution in [-0.4, -0.2) is 5.71 Å². The fraction of sp³-hybridized carbons (Fsp3) is 0.417. The number of aliphatic imine (C=N–C) groups is 1. The summed E-state index contributed by atoms with van der Waals surface area (Å²) in [4.78, 5) is 4.56. The average molecular weight is 173 g/mol. The Morgan fingerprint density at radius 1 is 1.31 bits per heavy atom. The van der Waals surface area contributed by atoms with E-state index >= 15 is 0 Å². The van der Waals surface area contributed by atoms with Crippen molar-refractivity contribution in [1.29, 1.82) is 0 Å². The zero-order chi connectivity index (χ0) is 9.26. The summed E-state index contributed by atoms with van der Waals surface area (Å²) in [7, 11) is 0.